The highest BCUT2D eigenvalue weighted by molar-refractivity contribution is 5.88. The molecule has 0 aliphatic heterocycles. The number of amides is 2. The quantitative estimate of drug-likeness (QED) is 0.773. The predicted molar refractivity (Wildman–Crippen MR) is 109 cm³/mol. The fourth-order valence-electron chi connectivity index (χ4n) is 2.93. The molecule has 0 unspecified atom stereocenters. The number of nitrogens with one attached hydrogen (secondary N) is 1. The van der Waals surface area contributed by atoms with Crippen LogP contribution in [0.1, 0.15) is 42.5 Å². The standard InChI is InChI=1S/C23H30N2O2/c1-5-14-24-23(27)19(4)25(16-21-9-7-6-8-18(21)3)22(26)15-20-12-10-17(2)11-13-20/h6-13,19H,5,14-16H2,1-4H3,(H,24,27)/t19-/m1/s1. The maximum absolute atomic E-state index is 13.1. The normalized spacial score (nSPS) is 11.7. The summed E-state index contributed by atoms with van der Waals surface area (Å²) in [6, 6.07) is 15.4. The van der Waals surface area contributed by atoms with Gasteiger partial charge in [-0.2, -0.15) is 0 Å². The first-order valence-electron chi connectivity index (χ1n) is 9.59. The molecule has 2 rings (SSSR count). The lowest BCUT2D eigenvalue weighted by atomic mass is 10.1. The van der Waals surface area contributed by atoms with Crippen molar-refractivity contribution in [2.24, 2.45) is 0 Å². The first-order chi connectivity index (χ1) is 12.9. The van der Waals surface area contributed by atoms with Gasteiger partial charge in [-0.05, 0) is 43.9 Å². The van der Waals surface area contributed by atoms with Gasteiger partial charge < -0.3 is 10.2 Å². The summed E-state index contributed by atoms with van der Waals surface area (Å²) in [5.74, 6) is -0.149. The summed E-state index contributed by atoms with van der Waals surface area (Å²) in [4.78, 5) is 27.3. The Balaban J connectivity index is 2.21. The molecule has 0 bridgehead atoms. The third kappa shape index (κ3) is 5.95. The summed E-state index contributed by atoms with van der Waals surface area (Å²) in [5.41, 5.74) is 4.30. The Hall–Kier alpha value is -2.62. The molecule has 0 saturated carbocycles. The lowest BCUT2D eigenvalue weighted by molar-refractivity contribution is -0.140. The fraction of sp³-hybridized carbons (Fsp3) is 0.391. The molecule has 1 atom stereocenters. The zero-order valence-electron chi connectivity index (χ0n) is 16.8. The molecule has 2 aromatic rings. The number of carbonyl (C=O) groups is 2. The molecule has 0 spiro atoms. The topological polar surface area (TPSA) is 49.4 Å². The molecular weight excluding hydrogens is 336 g/mol. The van der Waals surface area contributed by atoms with Crippen LogP contribution in [0.25, 0.3) is 0 Å². The summed E-state index contributed by atoms with van der Waals surface area (Å²) in [6.07, 6.45) is 1.16. The van der Waals surface area contributed by atoms with Crippen LogP contribution >= 0.6 is 0 Å². The minimum atomic E-state index is -0.519. The zero-order chi connectivity index (χ0) is 19.8. The Morgan fingerprint density at radius 2 is 1.70 bits per heavy atom. The van der Waals surface area contributed by atoms with Gasteiger partial charge in [0.25, 0.3) is 0 Å². The van der Waals surface area contributed by atoms with Crippen molar-refractivity contribution in [3.8, 4) is 0 Å². The lowest BCUT2D eigenvalue weighted by Gasteiger charge is -2.29. The van der Waals surface area contributed by atoms with Gasteiger partial charge in [-0.15, -0.1) is 0 Å². The van der Waals surface area contributed by atoms with E-state index in [0.717, 1.165) is 28.7 Å². The van der Waals surface area contributed by atoms with Gasteiger partial charge in [0.15, 0.2) is 0 Å². The number of nitrogens with zero attached hydrogens (tertiary/aromatic N) is 1. The third-order valence-electron chi connectivity index (χ3n) is 4.79. The Morgan fingerprint density at radius 1 is 1.04 bits per heavy atom. The van der Waals surface area contributed by atoms with Crippen LogP contribution < -0.4 is 5.32 Å². The van der Waals surface area contributed by atoms with Crippen LogP contribution in [-0.4, -0.2) is 29.3 Å². The van der Waals surface area contributed by atoms with Gasteiger partial charge in [0, 0.05) is 13.1 Å². The van der Waals surface area contributed by atoms with Gasteiger partial charge in [0.2, 0.25) is 11.8 Å². The van der Waals surface area contributed by atoms with Crippen LogP contribution in [-0.2, 0) is 22.6 Å². The SMILES string of the molecule is CCCNC(=O)[C@@H](C)N(Cc1ccccc1C)C(=O)Cc1ccc(C)cc1. The van der Waals surface area contributed by atoms with E-state index >= 15 is 0 Å². The molecule has 2 amide bonds. The lowest BCUT2D eigenvalue weighted by Crippen LogP contribution is -2.48. The van der Waals surface area contributed by atoms with E-state index in [1.165, 1.54) is 0 Å². The maximum Gasteiger partial charge on any atom is 0.242 e. The molecule has 0 radical (unpaired) electrons. The van der Waals surface area contributed by atoms with Crippen LogP contribution in [0.2, 0.25) is 0 Å². The van der Waals surface area contributed by atoms with Gasteiger partial charge in [-0.25, -0.2) is 0 Å². The van der Waals surface area contributed by atoms with Crippen molar-refractivity contribution < 1.29 is 9.59 Å². The third-order valence-corrected chi connectivity index (χ3v) is 4.79. The number of aryl methyl sites for hydroxylation is 2. The van der Waals surface area contributed by atoms with Gasteiger partial charge in [0.05, 0.1) is 6.42 Å². The Bertz CT molecular complexity index is 768. The fourth-order valence-corrected chi connectivity index (χ4v) is 2.93. The van der Waals surface area contributed by atoms with Crippen LogP contribution in [0.5, 0.6) is 0 Å². The van der Waals surface area contributed by atoms with Crippen molar-refractivity contribution in [3.05, 3.63) is 70.8 Å². The highest BCUT2D eigenvalue weighted by atomic mass is 16.2. The van der Waals surface area contributed by atoms with Crippen molar-refractivity contribution in [2.75, 3.05) is 6.54 Å². The Labute approximate surface area is 162 Å². The van der Waals surface area contributed by atoms with Gasteiger partial charge in [0.1, 0.15) is 6.04 Å². The summed E-state index contributed by atoms with van der Waals surface area (Å²) in [7, 11) is 0. The summed E-state index contributed by atoms with van der Waals surface area (Å²) < 4.78 is 0. The average molecular weight is 367 g/mol. The van der Waals surface area contributed by atoms with E-state index in [1.807, 2.05) is 69.3 Å². The number of carbonyl (C=O) groups excluding carboxylic acids is 2. The Kier molecular flexibility index (Phi) is 7.59. The molecule has 27 heavy (non-hydrogen) atoms. The first kappa shape index (κ1) is 20.7. The van der Waals surface area contributed by atoms with E-state index in [0.29, 0.717) is 13.1 Å². The largest absolute Gasteiger partial charge is 0.354 e. The van der Waals surface area contributed by atoms with Crippen molar-refractivity contribution >= 4 is 11.8 Å². The van der Waals surface area contributed by atoms with Crippen molar-refractivity contribution in [2.45, 2.75) is 53.1 Å². The number of hydrogen-bond acceptors (Lipinski definition) is 2. The minimum Gasteiger partial charge on any atom is -0.354 e. The highest BCUT2D eigenvalue weighted by Gasteiger charge is 2.26. The average Bonchev–Trinajstić information content (AvgIpc) is 2.66. The molecule has 4 nitrogen and oxygen atoms in total. The van der Waals surface area contributed by atoms with Crippen molar-refractivity contribution in [3.63, 3.8) is 0 Å². The van der Waals surface area contributed by atoms with Crippen LogP contribution in [0.15, 0.2) is 48.5 Å². The van der Waals surface area contributed by atoms with E-state index in [1.54, 1.807) is 11.8 Å². The summed E-state index contributed by atoms with van der Waals surface area (Å²) in [6.45, 7) is 8.91. The smallest absolute Gasteiger partial charge is 0.242 e. The van der Waals surface area contributed by atoms with Crippen molar-refractivity contribution in [1.29, 1.82) is 0 Å². The molecule has 0 heterocycles. The monoisotopic (exact) mass is 366 g/mol. The second kappa shape index (κ2) is 9.91. The van der Waals surface area contributed by atoms with E-state index in [-0.39, 0.29) is 18.2 Å². The zero-order valence-corrected chi connectivity index (χ0v) is 16.8. The van der Waals surface area contributed by atoms with Gasteiger partial charge >= 0.3 is 0 Å². The van der Waals surface area contributed by atoms with Crippen molar-refractivity contribution in [1.82, 2.24) is 10.2 Å². The summed E-state index contributed by atoms with van der Waals surface area (Å²) in [5, 5.41) is 2.91. The molecule has 144 valence electrons. The van der Waals surface area contributed by atoms with Gasteiger partial charge in [-0.3, -0.25) is 9.59 Å². The molecule has 0 saturated heterocycles. The molecule has 2 aromatic carbocycles. The molecule has 0 aliphatic carbocycles. The number of rotatable bonds is 8. The van der Waals surface area contributed by atoms with E-state index < -0.39 is 6.04 Å². The molecule has 1 N–H and O–H groups in total. The molecule has 0 fully saturated rings. The van der Waals surface area contributed by atoms with Gasteiger partial charge in [-0.1, -0.05) is 61.0 Å². The minimum absolute atomic E-state index is 0.0405. The second-order valence-electron chi connectivity index (χ2n) is 7.08. The highest BCUT2D eigenvalue weighted by Crippen LogP contribution is 2.15. The molecular formula is C23H30N2O2. The number of benzene rings is 2. The van der Waals surface area contributed by atoms with E-state index in [4.69, 9.17) is 0 Å². The summed E-state index contributed by atoms with van der Waals surface area (Å²) >= 11 is 0. The van der Waals surface area contributed by atoms with Crippen LogP contribution in [0, 0.1) is 13.8 Å². The number of hydrogen-bond donors (Lipinski definition) is 1. The Morgan fingerprint density at radius 3 is 2.33 bits per heavy atom. The maximum atomic E-state index is 13.1. The van der Waals surface area contributed by atoms with Crippen LogP contribution in [0.3, 0.4) is 0 Å². The second-order valence-corrected chi connectivity index (χ2v) is 7.08. The molecule has 0 aliphatic rings. The predicted octanol–water partition coefficient (Wildman–Crippen LogP) is 3.79. The van der Waals surface area contributed by atoms with E-state index in [2.05, 4.69) is 5.32 Å². The first-order valence-corrected chi connectivity index (χ1v) is 9.59. The molecule has 0 aromatic heterocycles. The molecule has 4 heteroatoms. The van der Waals surface area contributed by atoms with Crippen LogP contribution in [0.4, 0.5) is 0 Å². The van der Waals surface area contributed by atoms with E-state index in [9.17, 15) is 9.59 Å².